The van der Waals surface area contributed by atoms with Crippen molar-refractivity contribution < 1.29 is 4.92 Å². The van der Waals surface area contributed by atoms with Crippen LogP contribution in [0.4, 0.5) is 11.4 Å². The predicted molar refractivity (Wildman–Crippen MR) is 101 cm³/mol. The van der Waals surface area contributed by atoms with E-state index in [4.69, 9.17) is 0 Å². The van der Waals surface area contributed by atoms with Crippen molar-refractivity contribution >= 4 is 44.6 Å². The third-order valence-electron chi connectivity index (χ3n) is 3.63. The summed E-state index contributed by atoms with van der Waals surface area (Å²) in [6.07, 6.45) is 1.63. The molecule has 2 aromatic carbocycles. The zero-order valence-corrected chi connectivity index (χ0v) is 14.4. The number of fused-ring (bicyclic) bond motifs is 1. The molecule has 6 nitrogen and oxygen atoms in total. The molecule has 0 unspecified atom stereocenters. The Kier molecular flexibility index (Phi) is 4.46. The molecule has 0 fully saturated rings. The van der Waals surface area contributed by atoms with Crippen LogP contribution in [0.1, 0.15) is 10.6 Å². The molecule has 0 radical (unpaired) electrons. The van der Waals surface area contributed by atoms with Crippen LogP contribution in [0.5, 0.6) is 0 Å². The number of nitro groups is 1. The van der Waals surface area contributed by atoms with Crippen LogP contribution >= 0.6 is 11.3 Å². The fourth-order valence-electron chi connectivity index (χ4n) is 2.45. The summed E-state index contributed by atoms with van der Waals surface area (Å²) >= 11 is 1.42. The number of para-hydroxylation sites is 1. The number of anilines is 1. The molecule has 7 heteroatoms. The van der Waals surface area contributed by atoms with E-state index in [2.05, 4.69) is 11.1 Å². The van der Waals surface area contributed by atoms with Crippen LogP contribution in [0.3, 0.4) is 0 Å². The zero-order chi connectivity index (χ0) is 18.0. The Morgan fingerprint density at radius 3 is 2.72 bits per heavy atom. The lowest BCUT2D eigenvalue weighted by molar-refractivity contribution is -0.384. The first-order valence-corrected chi connectivity index (χ1v) is 8.25. The minimum absolute atomic E-state index is 0.000315. The van der Waals surface area contributed by atoms with Crippen LogP contribution in [0.15, 0.2) is 42.5 Å². The van der Waals surface area contributed by atoms with E-state index in [1.54, 1.807) is 37.2 Å². The molecule has 124 valence electrons. The van der Waals surface area contributed by atoms with Gasteiger partial charge in [0.2, 0.25) is 0 Å². The fourth-order valence-corrected chi connectivity index (χ4v) is 3.38. The highest BCUT2D eigenvalue weighted by atomic mass is 32.1. The van der Waals surface area contributed by atoms with E-state index >= 15 is 0 Å². The van der Waals surface area contributed by atoms with Gasteiger partial charge in [-0.2, -0.15) is 5.26 Å². The van der Waals surface area contributed by atoms with Crippen molar-refractivity contribution in [3.05, 3.63) is 63.1 Å². The van der Waals surface area contributed by atoms with E-state index < -0.39 is 4.92 Å². The minimum atomic E-state index is -0.420. The molecule has 0 bridgehead atoms. The molecular formula is C18H14N4O2S. The standard InChI is InChI=1S/C18H14N4O2S/c1-21(2)15-8-7-12(10-16(15)22(23)24)9-13(11-19)18-20-14-5-3-4-6-17(14)25-18/h3-10H,1-2H3. The molecule has 0 aliphatic carbocycles. The first-order valence-electron chi connectivity index (χ1n) is 7.43. The van der Waals surface area contributed by atoms with E-state index in [9.17, 15) is 15.4 Å². The maximum absolute atomic E-state index is 11.3. The molecule has 0 saturated carbocycles. The van der Waals surface area contributed by atoms with E-state index in [0.717, 1.165) is 10.2 Å². The lowest BCUT2D eigenvalue weighted by Gasteiger charge is -2.12. The summed E-state index contributed by atoms with van der Waals surface area (Å²) in [5.74, 6) is 0. The van der Waals surface area contributed by atoms with Crippen molar-refractivity contribution in [3.63, 3.8) is 0 Å². The molecule has 0 spiro atoms. The fraction of sp³-hybridized carbons (Fsp3) is 0.111. The number of rotatable bonds is 4. The highest BCUT2D eigenvalue weighted by molar-refractivity contribution is 7.19. The van der Waals surface area contributed by atoms with Crippen LogP contribution < -0.4 is 4.90 Å². The topological polar surface area (TPSA) is 83.1 Å². The van der Waals surface area contributed by atoms with Crippen LogP contribution in [-0.4, -0.2) is 24.0 Å². The van der Waals surface area contributed by atoms with Gasteiger partial charge in [0.05, 0.1) is 20.7 Å². The average Bonchev–Trinajstić information content (AvgIpc) is 3.03. The molecular weight excluding hydrogens is 336 g/mol. The Balaban J connectivity index is 2.07. The smallest absolute Gasteiger partial charge is 0.293 e. The Bertz CT molecular complexity index is 998. The van der Waals surface area contributed by atoms with Gasteiger partial charge in [-0.1, -0.05) is 18.2 Å². The van der Waals surface area contributed by atoms with Gasteiger partial charge in [-0.15, -0.1) is 11.3 Å². The van der Waals surface area contributed by atoms with Crippen LogP contribution in [0.25, 0.3) is 21.9 Å². The van der Waals surface area contributed by atoms with Crippen molar-refractivity contribution in [1.29, 1.82) is 5.26 Å². The van der Waals surface area contributed by atoms with Gasteiger partial charge in [0, 0.05) is 20.2 Å². The number of hydrogen-bond donors (Lipinski definition) is 0. The summed E-state index contributed by atoms with van der Waals surface area (Å²) < 4.78 is 0.993. The number of nitriles is 1. The van der Waals surface area contributed by atoms with Gasteiger partial charge in [-0.3, -0.25) is 10.1 Å². The average molecular weight is 350 g/mol. The number of thiazole rings is 1. The maximum Gasteiger partial charge on any atom is 0.293 e. The van der Waals surface area contributed by atoms with E-state index in [-0.39, 0.29) is 5.69 Å². The molecule has 25 heavy (non-hydrogen) atoms. The summed E-state index contributed by atoms with van der Waals surface area (Å²) in [7, 11) is 3.50. The first-order chi connectivity index (χ1) is 12.0. The number of hydrogen-bond acceptors (Lipinski definition) is 6. The van der Waals surface area contributed by atoms with E-state index in [0.29, 0.717) is 21.8 Å². The first kappa shape index (κ1) is 16.6. The summed E-state index contributed by atoms with van der Waals surface area (Å²) in [6.45, 7) is 0. The van der Waals surface area contributed by atoms with Gasteiger partial charge in [0.1, 0.15) is 16.8 Å². The molecule has 0 N–H and O–H groups in total. The molecule has 3 rings (SSSR count). The van der Waals surface area contributed by atoms with E-state index in [1.807, 2.05) is 24.3 Å². The highest BCUT2D eigenvalue weighted by Gasteiger charge is 2.16. The van der Waals surface area contributed by atoms with Gasteiger partial charge in [0.25, 0.3) is 5.69 Å². The Morgan fingerprint density at radius 2 is 2.08 bits per heavy atom. The second kappa shape index (κ2) is 6.71. The molecule has 0 saturated heterocycles. The molecule has 1 heterocycles. The van der Waals surface area contributed by atoms with Gasteiger partial charge in [0.15, 0.2) is 0 Å². The Hall–Kier alpha value is -3.24. The third kappa shape index (κ3) is 3.34. The van der Waals surface area contributed by atoms with Gasteiger partial charge in [-0.05, 0) is 29.8 Å². The lowest BCUT2D eigenvalue weighted by atomic mass is 10.1. The molecule has 0 aliphatic rings. The van der Waals surface area contributed by atoms with Crippen molar-refractivity contribution in [1.82, 2.24) is 4.98 Å². The Morgan fingerprint density at radius 1 is 1.32 bits per heavy atom. The minimum Gasteiger partial charge on any atom is -0.372 e. The summed E-state index contributed by atoms with van der Waals surface area (Å²) in [6, 6.07) is 14.7. The lowest BCUT2D eigenvalue weighted by Crippen LogP contribution is -2.10. The number of aromatic nitrogens is 1. The maximum atomic E-state index is 11.3. The number of allylic oxidation sites excluding steroid dienone is 1. The van der Waals surface area contributed by atoms with Crippen LogP contribution in [0.2, 0.25) is 0 Å². The predicted octanol–water partition coefficient (Wildman–Crippen LogP) is 4.33. The largest absolute Gasteiger partial charge is 0.372 e. The molecule has 0 aliphatic heterocycles. The second-order valence-corrected chi connectivity index (χ2v) is 6.59. The molecule has 0 atom stereocenters. The van der Waals surface area contributed by atoms with Crippen LogP contribution in [-0.2, 0) is 0 Å². The zero-order valence-electron chi connectivity index (χ0n) is 13.6. The molecule has 0 amide bonds. The third-order valence-corrected chi connectivity index (χ3v) is 4.70. The summed E-state index contributed by atoms with van der Waals surface area (Å²) in [5.41, 5.74) is 2.32. The number of nitrogens with zero attached hydrogens (tertiary/aromatic N) is 4. The van der Waals surface area contributed by atoms with Crippen molar-refractivity contribution in [2.45, 2.75) is 0 Å². The molecule has 3 aromatic rings. The highest BCUT2D eigenvalue weighted by Crippen LogP contribution is 2.31. The second-order valence-electron chi connectivity index (χ2n) is 5.56. The number of benzene rings is 2. The monoisotopic (exact) mass is 350 g/mol. The normalized spacial score (nSPS) is 11.3. The SMILES string of the molecule is CN(C)c1ccc(C=C(C#N)c2nc3ccccc3s2)cc1[N+](=O)[O-]. The van der Waals surface area contributed by atoms with Gasteiger partial charge in [-0.25, -0.2) is 4.98 Å². The molecule has 1 aromatic heterocycles. The van der Waals surface area contributed by atoms with Crippen molar-refractivity contribution in [2.75, 3.05) is 19.0 Å². The van der Waals surface area contributed by atoms with Crippen molar-refractivity contribution in [2.24, 2.45) is 0 Å². The Labute approximate surface area is 148 Å². The van der Waals surface area contributed by atoms with Gasteiger partial charge >= 0.3 is 0 Å². The quantitative estimate of drug-likeness (QED) is 0.397. The van der Waals surface area contributed by atoms with Crippen LogP contribution in [0, 0.1) is 21.4 Å². The summed E-state index contributed by atoms with van der Waals surface area (Å²) in [4.78, 5) is 17.0. The van der Waals surface area contributed by atoms with Gasteiger partial charge < -0.3 is 4.90 Å². The van der Waals surface area contributed by atoms with Crippen molar-refractivity contribution in [3.8, 4) is 6.07 Å². The number of nitro benzene ring substituents is 1. The van der Waals surface area contributed by atoms with E-state index in [1.165, 1.54) is 17.4 Å². The summed E-state index contributed by atoms with van der Waals surface area (Å²) in [5, 5.41) is 21.4.